The smallest absolute Gasteiger partial charge is 0.0370 e. The lowest BCUT2D eigenvalue weighted by Gasteiger charge is -2.37. The van der Waals surface area contributed by atoms with E-state index in [9.17, 15) is 0 Å². The van der Waals surface area contributed by atoms with Gasteiger partial charge in [0.25, 0.3) is 0 Å². The summed E-state index contributed by atoms with van der Waals surface area (Å²) in [6.45, 7) is 2.43. The van der Waals surface area contributed by atoms with Crippen molar-refractivity contribution in [2.75, 3.05) is 25.0 Å². The van der Waals surface area contributed by atoms with Crippen molar-refractivity contribution in [2.24, 2.45) is 0 Å². The van der Waals surface area contributed by atoms with E-state index in [0.717, 1.165) is 12.6 Å². The minimum atomic E-state index is 0.605. The largest absolute Gasteiger partial charge is 0.368 e. The molecule has 2 heteroatoms. The lowest BCUT2D eigenvalue weighted by atomic mass is 9.99. The Morgan fingerprint density at radius 2 is 1.60 bits per heavy atom. The summed E-state index contributed by atoms with van der Waals surface area (Å²) in [4.78, 5) is 5.26. The Kier molecular flexibility index (Phi) is 5.07. The van der Waals surface area contributed by atoms with Gasteiger partial charge in [-0.25, -0.2) is 0 Å². The van der Waals surface area contributed by atoms with Gasteiger partial charge in [0.1, 0.15) is 0 Å². The molecule has 1 aliphatic heterocycles. The van der Waals surface area contributed by atoms with Crippen molar-refractivity contribution in [3.05, 3.63) is 65.7 Å². The maximum absolute atomic E-state index is 2.68. The van der Waals surface area contributed by atoms with Crippen LogP contribution in [0.3, 0.4) is 0 Å². The second-order valence-corrected chi connectivity index (χ2v) is 7.78. The van der Waals surface area contributed by atoms with Gasteiger partial charge in [-0.3, -0.25) is 0 Å². The average molecular weight is 335 g/mol. The van der Waals surface area contributed by atoms with Crippen molar-refractivity contribution < 1.29 is 0 Å². The summed E-state index contributed by atoms with van der Waals surface area (Å²) in [5, 5.41) is 0. The Morgan fingerprint density at radius 1 is 0.920 bits per heavy atom. The fourth-order valence-corrected chi connectivity index (χ4v) is 4.69. The molecule has 25 heavy (non-hydrogen) atoms. The van der Waals surface area contributed by atoms with Crippen LogP contribution in [-0.2, 0) is 12.8 Å². The number of rotatable bonds is 5. The van der Waals surface area contributed by atoms with Gasteiger partial charge in [-0.05, 0) is 69.0 Å². The molecule has 2 aliphatic rings. The van der Waals surface area contributed by atoms with Crippen LogP contribution in [0.5, 0.6) is 0 Å². The van der Waals surface area contributed by atoms with Crippen LogP contribution in [0.2, 0.25) is 0 Å². The van der Waals surface area contributed by atoms with Crippen LogP contribution in [0.25, 0.3) is 0 Å². The molecule has 2 nitrogen and oxygen atoms in total. The minimum Gasteiger partial charge on any atom is -0.368 e. The number of nitrogens with zero attached hydrogens (tertiary/aromatic N) is 2. The quantitative estimate of drug-likeness (QED) is 0.792. The van der Waals surface area contributed by atoms with E-state index in [1.54, 1.807) is 11.1 Å². The van der Waals surface area contributed by atoms with Crippen molar-refractivity contribution in [1.82, 2.24) is 4.90 Å². The molecule has 1 unspecified atom stereocenters. The fraction of sp³-hybridized carbons (Fsp3) is 0.478. The molecular weight excluding hydrogens is 304 g/mol. The zero-order chi connectivity index (χ0) is 17.1. The van der Waals surface area contributed by atoms with Gasteiger partial charge >= 0.3 is 0 Å². The van der Waals surface area contributed by atoms with E-state index < -0.39 is 0 Å². The Morgan fingerprint density at radius 3 is 2.28 bits per heavy atom. The maximum atomic E-state index is 2.68. The molecule has 0 aromatic heterocycles. The minimum absolute atomic E-state index is 0.605. The standard InChI is InChI=1S/C23H30N2/c1-24-15-8-7-11-21(24)14-16-25(22-12-3-2-4-13-22)23-17-19-9-5-6-10-20(19)18-23/h2-6,9-10,12-13,21,23H,7-8,11,14-18H2,1H3. The van der Waals surface area contributed by atoms with Crippen molar-refractivity contribution in [1.29, 1.82) is 0 Å². The Hall–Kier alpha value is -1.80. The SMILES string of the molecule is CN1CCCCC1CCN(c1ccccc1)C1Cc2ccccc2C1. The Labute approximate surface area is 152 Å². The van der Waals surface area contributed by atoms with Gasteiger partial charge in [0, 0.05) is 24.3 Å². The maximum Gasteiger partial charge on any atom is 0.0370 e. The third-order valence-electron chi connectivity index (χ3n) is 6.18. The summed E-state index contributed by atoms with van der Waals surface area (Å²) in [5.74, 6) is 0. The fourth-order valence-electron chi connectivity index (χ4n) is 4.69. The van der Waals surface area contributed by atoms with E-state index >= 15 is 0 Å². The van der Waals surface area contributed by atoms with Gasteiger partial charge in [-0.2, -0.15) is 0 Å². The van der Waals surface area contributed by atoms with E-state index in [2.05, 4.69) is 71.4 Å². The first-order chi connectivity index (χ1) is 12.3. The van der Waals surface area contributed by atoms with E-state index in [-0.39, 0.29) is 0 Å². The van der Waals surface area contributed by atoms with Gasteiger partial charge < -0.3 is 9.80 Å². The van der Waals surface area contributed by atoms with Crippen molar-refractivity contribution >= 4 is 5.69 Å². The molecule has 1 saturated heterocycles. The predicted octanol–water partition coefficient (Wildman–Crippen LogP) is 4.53. The molecule has 2 aromatic rings. The van der Waals surface area contributed by atoms with Crippen LogP contribution in [0.4, 0.5) is 5.69 Å². The van der Waals surface area contributed by atoms with Crippen molar-refractivity contribution in [2.45, 2.75) is 50.6 Å². The van der Waals surface area contributed by atoms with E-state index in [4.69, 9.17) is 0 Å². The molecule has 0 amide bonds. The van der Waals surface area contributed by atoms with Crippen LogP contribution in [0.15, 0.2) is 54.6 Å². The van der Waals surface area contributed by atoms with Crippen LogP contribution >= 0.6 is 0 Å². The second-order valence-electron chi connectivity index (χ2n) is 7.78. The van der Waals surface area contributed by atoms with Crippen LogP contribution in [-0.4, -0.2) is 37.1 Å². The number of benzene rings is 2. The molecule has 0 saturated carbocycles. The molecule has 132 valence electrons. The first kappa shape index (κ1) is 16.7. The van der Waals surface area contributed by atoms with Gasteiger partial charge in [0.2, 0.25) is 0 Å². The highest BCUT2D eigenvalue weighted by atomic mass is 15.2. The monoisotopic (exact) mass is 334 g/mol. The van der Waals surface area contributed by atoms with Crippen LogP contribution < -0.4 is 4.90 Å². The van der Waals surface area contributed by atoms with Crippen LogP contribution in [0, 0.1) is 0 Å². The highest BCUT2D eigenvalue weighted by molar-refractivity contribution is 5.49. The molecule has 4 rings (SSSR count). The lowest BCUT2D eigenvalue weighted by Crippen LogP contribution is -2.42. The summed E-state index contributed by atoms with van der Waals surface area (Å²) in [5.41, 5.74) is 4.48. The molecule has 1 aliphatic carbocycles. The number of hydrogen-bond donors (Lipinski definition) is 0. The summed E-state index contributed by atoms with van der Waals surface area (Å²) in [6, 6.07) is 21.4. The van der Waals surface area contributed by atoms with E-state index in [1.807, 2.05) is 0 Å². The zero-order valence-corrected chi connectivity index (χ0v) is 15.4. The number of fused-ring (bicyclic) bond motifs is 1. The normalized spacial score (nSPS) is 21.2. The molecule has 0 N–H and O–H groups in total. The Balaban J connectivity index is 1.50. The summed E-state index contributed by atoms with van der Waals surface area (Å²) >= 11 is 0. The third-order valence-corrected chi connectivity index (χ3v) is 6.18. The number of para-hydroxylation sites is 1. The lowest BCUT2D eigenvalue weighted by molar-refractivity contribution is 0.177. The molecule has 0 bridgehead atoms. The van der Waals surface area contributed by atoms with E-state index in [0.29, 0.717) is 6.04 Å². The molecule has 0 radical (unpaired) electrons. The van der Waals surface area contributed by atoms with Gasteiger partial charge in [-0.15, -0.1) is 0 Å². The summed E-state index contributed by atoms with van der Waals surface area (Å²) < 4.78 is 0. The van der Waals surface area contributed by atoms with E-state index in [1.165, 1.54) is 50.8 Å². The van der Waals surface area contributed by atoms with Crippen LogP contribution in [0.1, 0.15) is 36.8 Å². The highest BCUT2D eigenvalue weighted by Gasteiger charge is 2.28. The third kappa shape index (κ3) is 3.74. The number of piperidine rings is 1. The number of likely N-dealkylation sites (tertiary alicyclic amines) is 1. The first-order valence-electron chi connectivity index (χ1n) is 9.90. The summed E-state index contributed by atoms with van der Waals surface area (Å²) in [6.07, 6.45) is 7.78. The van der Waals surface area contributed by atoms with Gasteiger partial charge in [0.05, 0.1) is 0 Å². The molecule has 0 spiro atoms. The first-order valence-corrected chi connectivity index (χ1v) is 9.90. The average Bonchev–Trinajstić information content (AvgIpc) is 3.08. The summed E-state index contributed by atoms with van der Waals surface area (Å²) in [7, 11) is 2.31. The molecule has 1 fully saturated rings. The number of anilines is 1. The predicted molar refractivity (Wildman–Crippen MR) is 106 cm³/mol. The number of hydrogen-bond acceptors (Lipinski definition) is 2. The Bertz CT molecular complexity index is 657. The molecule has 2 aromatic carbocycles. The van der Waals surface area contributed by atoms with Gasteiger partial charge in [-0.1, -0.05) is 48.9 Å². The van der Waals surface area contributed by atoms with Gasteiger partial charge in [0.15, 0.2) is 0 Å². The van der Waals surface area contributed by atoms with Crippen molar-refractivity contribution in [3.8, 4) is 0 Å². The second kappa shape index (κ2) is 7.61. The van der Waals surface area contributed by atoms with Crippen molar-refractivity contribution in [3.63, 3.8) is 0 Å². The molecule has 1 heterocycles. The topological polar surface area (TPSA) is 6.48 Å². The zero-order valence-electron chi connectivity index (χ0n) is 15.4. The molecular formula is C23H30N2. The molecule has 1 atom stereocenters. The highest BCUT2D eigenvalue weighted by Crippen LogP contribution is 2.30.